The van der Waals surface area contributed by atoms with Gasteiger partial charge in [0.15, 0.2) is 17.8 Å². The summed E-state index contributed by atoms with van der Waals surface area (Å²) in [6.07, 6.45) is 7.15. The molecule has 3 nitrogen and oxygen atoms in total. The molecule has 1 heterocycles. The third-order valence-electron chi connectivity index (χ3n) is 4.35. The van der Waals surface area contributed by atoms with E-state index in [-0.39, 0.29) is 12.4 Å². The Kier molecular flexibility index (Phi) is 7.96. The lowest BCUT2D eigenvalue weighted by Gasteiger charge is -2.01. The Morgan fingerprint density at radius 1 is 0.920 bits per heavy atom. The molecule has 134 valence electrons. The first-order chi connectivity index (χ1) is 11.9. The van der Waals surface area contributed by atoms with Gasteiger partial charge in [-0.25, -0.2) is 9.13 Å². The van der Waals surface area contributed by atoms with Crippen LogP contribution in [-0.4, -0.2) is 11.2 Å². The van der Waals surface area contributed by atoms with E-state index >= 15 is 0 Å². The van der Waals surface area contributed by atoms with E-state index < -0.39 is 0 Å². The van der Waals surface area contributed by atoms with E-state index in [1.54, 1.807) is 0 Å². The van der Waals surface area contributed by atoms with Crippen LogP contribution in [0.2, 0.25) is 0 Å². The van der Waals surface area contributed by atoms with Crippen molar-refractivity contribution in [1.29, 1.82) is 0 Å². The Morgan fingerprint density at radius 3 is 2.48 bits per heavy atom. The normalized spacial score (nSPS) is 10.8. The average Bonchev–Trinajstić information content (AvgIpc) is 2.97. The third kappa shape index (κ3) is 5.32. The van der Waals surface area contributed by atoms with Crippen molar-refractivity contribution in [2.24, 2.45) is 0 Å². The second kappa shape index (κ2) is 10.2. The number of hydrogen-bond acceptors (Lipinski definition) is 1. The molecular formula is C21H27ClN2O. The maximum Gasteiger partial charge on any atom is 0.246 e. The Balaban J connectivity index is 0.00000225. The van der Waals surface area contributed by atoms with Gasteiger partial charge in [-0.2, -0.15) is 0 Å². The molecule has 0 saturated heterocycles. The van der Waals surface area contributed by atoms with E-state index in [4.69, 9.17) is 4.74 Å². The lowest BCUT2D eigenvalue weighted by Crippen LogP contribution is -3.00. The van der Waals surface area contributed by atoms with E-state index in [0.29, 0.717) is 6.73 Å². The second-order valence-electron chi connectivity index (χ2n) is 6.29. The van der Waals surface area contributed by atoms with Crippen LogP contribution >= 0.6 is 0 Å². The number of aromatic nitrogens is 2. The number of unbranched alkanes of at least 4 members (excludes halogenated alkanes) is 3. The summed E-state index contributed by atoms with van der Waals surface area (Å²) in [5.41, 5.74) is 3.78. The van der Waals surface area contributed by atoms with Crippen LogP contribution < -0.4 is 17.0 Å². The van der Waals surface area contributed by atoms with Gasteiger partial charge in [0.05, 0.1) is 6.61 Å². The van der Waals surface area contributed by atoms with Crippen LogP contribution in [0.3, 0.4) is 0 Å². The summed E-state index contributed by atoms with van der Waals surface area (Å²) in [5.74, 6) is 0. The molecule has 0 aliphatic rings. The summed E-state index contributed by atoms with van der Waals surface area (Å²) in [5, 5.41) is 0. The highest BCUT2D eigenvalue weighted by molar-refractivity contribution is 5.71. The molecule has 0 atom stereocenters. The quantitative estimate of drug-likeness (QED) is 0.419. The monoisotopic (exact) mass is 358 g/mol. The van der Waals surface area contributed by atoms with Crippen molar-refractivity contribution < 1.29 is 21.7 Å². The SMILES string of the molecule is CCCCCCOCn1c[n+](Cc2ccccc2)c2ccccc21.[Cl-]. The number of nitrogens with zero attached hydrogens (tertiary/aromatic N) is 2. The Hall–Kier alpha value is -1.84. The number of hydrogen-bond donors (Lipinski definition) is 0. The molecule has 0 unspecified atom stereocenters. The zero-order chi connectivity index (χ0) is 16.6. The minimum absolute atomic E-state index is 0. The minimum atomic E-state index is 0. The number of imidazole rings is 1. The molecule has 4 heteroatoms. The Morgan fingerprint density at radius 2 is 1.68 bits per heavy atom. The van der Waals surface area contributed by atoms with Gasteiger partial charge in [-0.05, 0) is 24.1 Å². The molecule has 0 fully saturated rings. The molecule has 0 aliphatic heterocycles. The number of para-hydroxylation sites is 2. The topological polar surface area (TPSA) is 18.0 Å². The molecule has 0 amide bonds. The number of benzene rings is 2. The second-order valence-corrected chi connectivity index (χ2v) is 6.29. The largest absolute Gasteiger partial charge is 1.00 e. The molecular weight excluding hydrogens is 332 g/mol. The predicted octanol–water partition coefficient (Wildman–Crippen LogP) is 1.54. The standard InChI is InChI=1S/C21H27N2O.ClH/c1-2-3-4-10-15-24-18-23-17-22(16-19-11-6-5-7-12-19)20-13-8-9-14-21(20)23;/h5-9,11-14,17H,2-4,10,15-16,18H2,1H3;1H/q+1;/p-1. The lowest BCUT2D eigenvalue weighted by molar-refractivity contribution is -0.663. The number of rotatable bonds is 9. The van der Waals surface area contributed by atoms with Crippen LogP contribution in [0.1, 0.15) is 38.2 Å². The highest BCUT2D eigenvalue weighted by Crippen LogP contribution is 2.12. The fraction of sp³-hybridized carbons (Fsp3) is 0.381. The number of ether oxygens (including phenoxy) is 1. The third-order valence-corrected chi connectivity index (χ3v) is 4.35. The molecule has 3 aromatic rings. The van der Waals surface area contributed by atoms with E-state index in [2.05, 4.69) is 77.0 Å². The van der Waals surface area contributed by atoms with Crippen molar-refractivity contribution in [3.05, 3.63) is 66.5 Å². The predicted molar refractivity (Wildman–Crippen MR) is 97.8 cm³/mol. The average molecular weight is 359 g/mol. The van der Waals surface area contributed by atoms with Crippen LogP contribution in [0, 0.1) is 0 Å². The molecule has 2 aromatic carbocycles. The van der Waals surface area contributed by atoms with Gasteiger partial charge in [0.2, 0.25) is 6.33 Å². The fourth-order valence-electron chi connectivity index (χ4n) is 3.05. The molecule has 0 saturated carbocycles. The summed E-state index contributed by atoms with van der Waals surface area (Å²) in [4.78, 5) is 0. The first-order valence-electron chi connectivity index (χ1n) is 8.97. The van der Waals surface area contributed by atoms with Crippen LogP contribution in [0.15, 0.2) is 60.9 Å². The van der Waals surface area contributed by atoms with Gasteiger partial charge in [0.25, 0.3) is 0 Å². The molecule has 0 spiro atoms. The molecule has 25 heavy (non-hydrogen) atoms. The Bertz CT molecular complexity index is 755. The smallest absolute Gasteiger partial charge is 0.246 e. The van der Waals surface area contributed by atoms with Gasteiger partial charge in [-0.15, -0.1) is 0 Å². The van der Waals surface area contributed by atoms with E-state index in [0.717, 1.165) is 19.6 Å². The molecule has 3 rings (SSSR count). The molecule has 0 radical (unpaired) electrons. The van der Waals surface area contributed by atoms with Gasteiger partial charge in [-0.3, -0.25) is 0 Å². The highest BCUT2D eigenvalue weighted by Gasteiger charge is 2.15. The maximum atomic E-state index is 5.89. The van der Waals surface area contributed by atoms with E-state index in [1.165, 1.54) is 35.9 Å². The van der Waals surface area contributed by atoms with Crippen LogP contribution in [0.4, 0.5) is 0 Å². The summed E-state index contributed by atoms with van der Waals surface area (Å²) < 4.78 is 10.4. The van der Waals surface area contributed by atoms with Crippen LogP contribution in [0.5, 0.6) is 0 Å². The molecule has 1 aromatic heterocycles. The summed E-state index contributed by atoms with van der Waals surface area (Å²) in [6, 6.07) is 19.1. The van der Waals surface area contributed by atoms with Gasteiger partial charge in [0.1, 0.15) is 6.54 Å². The van der Waals surface area contributed by atoms with Crippen molar-refractivity contribution in [2.45, 2.75) is 45.9 Å². The van der Waals surface area contributed by atoms with Crippen molar-refractivity contribution in [2.75, 3.05) is 6.61 Å². The first-order valence-corrected chi connectivity index (χ1v) is 8.97. The summed E-state index contributed by atoms with van der Waals surface area (Å²) in [6.45, 7) is 4.57. The summed E-state index contributed by atoms with van der Waals surface area (Å²) >= 11 is 0. The molecule has 0 N–H and O–H groups in total. The van der Waals surface area contributed by atoms with Crippen molar-refractivity contribution in [3.8, 4) is 0 Å². The molecule has 0 bridgehead atoms. The van der Waals surface area contributed by atoms with Crippen LogP contribution in [0.25, 0.3) is 11.0 Å². The van der Waals surface area contributed by atoms with Crippen molar-refractivity contribution in [1.82, 2.24) is 4.57 Å². The fourth-order valence-corrected chi connectivity index (χ4v) is 3.05. The van der Waals surface area contributed by atoms with Gasteiger partial charge in [-0.1, -0.05) is 68.7 Å². The summed E-state index contributed by atoms with van der Waals surface area (Å²) in [7, 11) is 0. The van der Waals surface area contributed by atoms with Crippen LogP contribution in [-0.2, 0) is 18.0 Å². The van der Waals surface area contributed by atoms with Gasteiger partial charge in [0, 0.05) is 0 Å². The lowest BCUT2D eigenvalue weighted by atomic mass is 10.2. The molecule has 0 aliphatic carbocycles. The maximum absolute atomic E-state index is 5.89. The number of fused-ring (bicyclic) bond motifs is 1. The Labute approximate surface area is 156 Å². The van der Waals surface area contributed by atoms with Crippen molar-refractivity contribution in [3.63, 3.8) is 0 Å². The zero-order valence-electron chi connectivity index (χ0n) is 14.9. The van der Waals surface area contributed by atoms with E-state index in [1.807, 2.05) is 0 Å². The van der Waals surface area contributed by atoms with Gasteiger partial charge >= 0.3 is 0 Å². The first kappa shape index (κ1) is 19.5. The minimum Gasteiger partial charge on any atom is -1.00 e. The number of halogens is 1. The van der Waals surface area contributed by atoms with Gasteiger partial charge < -0.3 is 17.1 Å². The van der Waals surface area contributed by atoms with E-state index in [9.17, 15) is 0 Å². The highest BCUT2D eigenvalue weighted by atomic mass is 35.5. The van der Waals surface area contributed by atoms with Crippen molar-refractivity contribution >= 4 is 11.0 Å². The zero-order valence-corrected chi connectivity index (χ0v) is 15.7.